The lowest BCUT2D eigenvalue weighted by Crippen LogP contribution is -2.12. The van der Waals surface area contributed by atoms with E-state index in [-0.39, 0.29) is 5.84 Å². The molecule has 2 rings (SSSR count). The van der Waals surface area contributed by atoms with Crippen molar-refractivity contribution in [3.8, 4) is 11.5 Å². The molecule has 0 aliphatic rings. The molecule has 0 atom stereocenters. The van der Waals surface area contributed by atoms with Gasteiger partial charge in [0, 0.05) is 5.56 Å². The predicted molar refractivity (Wildman–Crippen MR) is 74.9 cm³/mol. The SMILES string of the molecule is Cc1ccc(Oc2ccc(/C(N)=N/O)cc2)c(C)c1. The summed E-state index contributed by atoms with van der Waals surface area (Å²) in [5.41, 5.74) is 8.43. The number of oxime groups is 1. The van der Waals surface area contributed by atoms with Crippen LogP contribution < -0.4 is 10.5 Å². The van der Waals surface area contributed by atoms with Crippen LogP contribution in [0.15, 0.2) is 47.6 Å². The van der Waals surface area contributed by atoms with E-state index in [1.807, 2.05) is 26.0 Å². The minimum atomic E-state index is 0.0815. The molecule has 0 radical (unpaired) electrons. The van der Waals surface area contributed by atoms with Gasteiger partial charge >= 0.3 is 0 Å². The van der Waals surface area contributed by atoms with Gasteiger partial charge < -0.3 is 15.7 Å². The maximum absolute atomic E-state index is 8.59. The van der Waals surface area contributed by atoms with Crippen LogP contribution in [0.5, 0.6) is 11.5 Å². The summed E-state index contributed by atoms with van der Waals surface area (Å²) < 4.78 is 5.79. The summed E-state index contributed by atoms with van der Waals surface area (Å²) in [6.45, 7) is 4.05. The topological polar surface area (TPSA) is 67.8 Å². The van der Waals surface area contributed by atoms with Gasteiger partial charge in [-0.1, -0.05) is 22.9 Å². The summed E-state index contributed by atoms with van der Waals surface area (Å²) in [5, 5.41) is 11.5. The van der Waals surface area contributed by atoms with E-state index >= 15 is 0 Å². The number of hydrogen-bond acceptors (Lipinski definition) is 3. The van der Waals surface area contributed by atoms with E-state index in [0.29, 0.717) is 11.3 Å². The van der Waals surface area contributed by atoms with Crippen LogP contribution in [-0.2, 0) is 0 Å². The lowest BCUT2D eigenvalue weighted by atomic mass is 10.1. The number of nitrogens with two attached hydrogens (primary N) is 1. The van der Waals surface area contributed by atoms with E-state index in [1.54, 1.807) is 24.3 Å². The molecule has 2 aromatic rings. The number of aryl methyl sites for hydroxylation is 2. The Morgan fingerprint density at radius 3 is 2.37 bits per heavy atom. The Morgan fingerprint density at radius 1 is 1.11 bits per heavy atom. The van der Waals surface area contributed by atoms with E-state index in [0.717, 1.165) is 11.3 Å². The number of rotatable bonds is 3. The van der Waals surface area contributed by atoms with Crippen LogP contribution in [0.4, 0.5) is 0 Å². The first-order valence-corrected chi connectivity index (χ1v) is 5.93. The fraction of sp³-hybridized carbons (Fsp3) is 0.133. The van der Waals surface area contributed by atoms with Gasteiger partial charge in [-0.2, -0.15) is 0 Å². The smallest absolute Gasteiger partial charge is 0.170 e. The number of ether oxygens (including phenoxy) is 1. The van der Waals surface area contributed by atoms with E-state index in [9.17, 15) is 0 Å². The van der Waals surface area contributed by atoms with Crippen molar-refractivity contribution in [3.63, 3.8) is 0 Å². The molecule has 0 unspecified atom stereocenters. The van der Waals surface area contributed by atoms with E-state index < -0.39 is 0 Å². The van der Waals surface area contributed by atoms with Crippen molar-refractivity contribution in [2.24, 2.45) is 10.9 Å². The number of hydrogen-bond donors (Lipinski definition) is 2. The lowest BCUT2D eigenvalue weighted by molar-refractivity contribution is 0.318. The molecular formula is C15H16N2O2. The minimum Gasteiger partial charge on any atom is -0.457 e. The monoisotopic (exact) mass is 256 g/mol. The van der Waals surface area contributed by atoms with Crippen molar-refractivity contribution >= 4 is 5.84 Å². The van der Waals surface area contributed by atoms with Gasteiger partial charge in [-0.25, -0.2) is 0 Å². The van der Waals surface area contributed by atoms with Crippen LogP contribution >= 0.6 is 0 Å². The maximum atomic E-state index is 8.59. The molecule has 0 amide bonds. The van der Waals surface area contributed by atoms with Gasteiger partial charge in [0.15, 0.2) is 5.84 Å². The highest BCUT2D eigenvalue weighted by atomic mass is 16.5. The molecule has 0 bridgehead atoms. The second-order valence-corrected chi connectivity index (χ2v) is 4.38. The van der Waals surface area contributed by atoms with Gasteiger partial charge in [-0.15, -0.1) is 0 Å². The van der Waals surface area contributed by atoms with E-state index in [1.165, 1.54) is 5.56 Å². The third kappa shape index (κ3) is 3.04. The lowest BCUT2D eigenvalue weighted by Gasteiger charge is -2.09. The molecular weight excluding hydrogens is 240 g/mol. The Morgan fingerprint density at radius 2 is 1.79 bits per heavy atom. The molecule has 0 heterocycles. The summed E-state index contributed by atoms with van der Waals surface area (Å²) in [5.74, 6) is 1.61. The number of amidine groups is 1. The first kappa shape index (κ1) is 13.0. The third-order valence-electron chi connectivity index (χ3n) is 2.82. The molecule has 3 N–H and O–H groups in total. The molecule has 4 heteroatoms. The zero-order valence-corrected chi connectivity index (χ0v) is 10.9. The molecule has 0 aliphatic heterocycles. The summed E-state index contributed by atoms with van der Waals surface area (Å²) in [6.07, 6.45) is 0. The van der Waals surface area contributed by atoms with Gasteiger partial charge in [-0.05, 0) is 49.7 Å². The molecule has 0 aromatic heterocycles. The second kappa shape index (κ2) is 5.44. The Labute approximate surface area is 112 Å². The summed E-state index contributed by atoms with van der Waals surface area (Å²) in [6, 6.07) is 13.1. The quantitative estimate of drug-likeness (QED) is 0.383. The standard InChI is InChI=1S/C15H16N2O2/c1-10-3-8-14(11(2)9-10)19-13-6-4-12(5-7-13)15(16)17-18/h3-9,18H,1-2H3,(H2,16,17). The first-order valence-electron chi connectivity index (χ1n) is 5.93. The molecule has 0 aliphatic carbocycles. The van der Waals surface area contributed by atoms with Crippen molar-refractivity contribution in [2.45, 2.75) is 13.8 Å². The van der Waals surface area contributed by atoms with Crippen LogP contribution in [0.2, 0.25) is 0 Å². The Bertz CT molecular complexity index is 604. The molecule has 98 valence electrons. The molecule has 2 aromatic carbocycles. The molecule has 0 spiro atoms. The summed E-state index contributed by atoms with van der Waals surface area (Å²) >= 11 is 0. The Kier molecular flexibility index (Phi) is 3.71. The minimum absolute atomic E-state index is 0.0815. The molecule has 0 saturated heterocycles. The second-order valence-electron chi connectivity index (χ2n) is 4.38. The normalized spacial score (nSPS) is 11.4. The Balaban J connectivity index is 2.20. The first-order chi connectivity index (χ1) is 9.10. The van der Waals surface area contributed by atoms with Crippen LogP contribution in [0.1, 0.15) is 16.7 Å². The van der Waals surface area contributed by atoms with Crippen molar-refractivity contribution in [3.05, 3.63) is 59.2 Å². The average Bonchev–Trinajstić information content (AvgIpc) is 2.42. The zero-order chi connectivity index (χ0) is 13.8. The van der Waals surface area contributed by atoms with Crippen molar-refractivity contribution < 1.29 is 9.94 Å². The van der Waals surface area contributed by atoms with Crippen LogP contribution in [-0.4, -0.2) is 11.0 Å². The number of nitrogens with zero attached hydrogens (tertiary/aromatic N) is 1. The van der Waals surface area contributed by atoms with Gasteiger partial charge in [0.05, 0.1) is 0 Å². The molecule has 0 fully saturated rings. The predicted octanol–water partition coefficient (Wildman–Crippen LogP) is 3.19. The van der Waals surface area contributed by atoms with E-state index in [2.05, 4.69) is 11.2 Å². The molecule has 0 saturated carbocycles. The van der Waals surface area contributed by atoms with Gasteiger partial charge in [0.1, 0.15) is 11.5 Å². The largest absolute Gasteiger partial charge is 0.457 e. The van der Waals surface area contributed by atoms with E-state index in [4.69, 9.17) is 15.7 Å². The Hall–Kier alpha value is -2.49. The molecule has 4 nitrogen and oxygen atoms in total. The highest BCUT2D eigenvalue weighted by Crippen LogP contribution is 2.25. The summed E-state index contributed by atoms with van der Waals surface area (Å²) in [7, 11) is 0. The molecule has 19 heavy (non-hydrogen) atoms. The highest BCUT2D eigenvalue weighted by molar-refractivity contribution is 5.97. The third-order valence-corrected chi connectivity index (χ3v) is 2.82. The maximum Gasteiger partial charge on any atom is 0.170 e. The fourth-order valence-electron chi connectivity index (χ4n) is 1.79. The van der Waals surface area contributed by atoms with Crippen molar-refractivity contribution in [2.75, 3.05) is 0 Å². The fourth-order valence-corrected chi connectivity index (χ4v) is 1.79. The van der Waals surface area contributed by atoms with Crippen LogP contribution in [0.3, 0.4) is 0 Å². The van der Waals surface area contributed by atoms with Gasteiger partial charge in [0.2, 0.25) is 0 Å². The average molecular weight is 256 g/mol. The highest BCUT2D eigenvalue weighted by Gasteiger charge is 2.03. The van der Waals surface area contributed by atoms with Crippen molar-refractivity contribution in [1.29, 1.82) is 0 Å². The zero-order valence-electron chi connectivity index (χ0n) is 10.9. The van der Waals surface area contributed by atoms with Crippen molar-refractivity contribution in [1.82, 2.24) is 0 Å². The van der Waals surface area contributed by atoms with Crippen LogP contribution in [0, 0.1) is 13.8 Å². The summed E-state index contributed by atoms with van der Waals surface area (Å²) in [4.78, 5) is 0. The number of benzene rings is 2. The van der Waals surface area contributed by atoms with Gasteiger partial charge in [-0.3, -0.25) is 0 Å². The van der Waals surface area contributed by atoms with Crippen LogP contribution in [0.25, 0.3) is 0 Å². The van der Waals surface area contributed by atoms with Gasteiger partial charge in [0.25, 0.3) is 0 Å².